The molecular weight excluding hydrogens is 285 g/mol. The maximum atomic E-state index is 10.7. The summed E-state index contributed by atoms with van der Waals surface area (Å²) in [6.07, 6.45) is 2.09. The van der Waals surface area contributed by atoms with Crippen LogP contribution in [-0.4, -0.2) is 24.9 Å². The van der Waals surface area contributed by atoms with Crippen LogP contribution in [0.2, 0.25) is 0 Å². The molecule has 0 atom stereocenters. The van der Waals surface area contributed by atoms with Crippen LogP contribution >= 0.6 is 11.6 Å². The predicted molar refractivity (Wildman–Crippen MR) is 70.5 cm³/mol. The number of hydrogen-bond donors (Lipinski definition) is 1. The van der Waals surface area contributed by atoms with Crippen LogP contribution in [-0.2, 0) is 9.47 Å². The third kappa shape index (κ3) is 38.3. The molecule has 0 aliphatic rings. The van der Waals surface area contributed by atoms with Crippen molar-refractivity contribution in [1.29, 1.82) is 0 Å². The molecule has 0 aliphatic carbocycles. The maximum absolute atomic E-state index is 10.7. The summed E-state index contributed by atoms with van der Waals surface area (Å²) in [5, 5.41) is 6.35. The van der Waals surface area contributed by atoms with Gasteiger partial charge in [0.25, 0.3) is 5.29 Å². The molecule has 0 rings (SSSR count). The number of hydrogen-bond acceptors (Lipinski definition) is 3. The van der Waals surface area contributed by atoms with Gasteiger partial charge >= 0.3 is 6.08 Å². The van der Waals surface area contributed by atoms with Gasteiger partial charge in [-0.1, -0.05) is 13.2 Å². The van der Waals surface area contributed by atoms with Crippen molar-refractivity contribution in [2.24, 2.45) is 0 Å². The van der Waals surface area contributed by atoms with Crippen LogP contribution in [0.5, 0.6) is 0 Å². The lowest BCUT2D eigenvalue weighted by molar-refractivity contribution is 0.220. The van der Waals surface area contributed by atoms with Gasteiger partial charge in [-0.05, 0) is 31.4 Å². The summed E-state index contributed by atoms with van der Waals surface area (Å²) in [6, 6.07) is 0. The van der Waals surface area contributed by atoms with Gasteiger partial charge in [-0.3, -0.25) is 0 Å². The third-order valence-corrected chi connectivity index (χ3v) is 1.36. The van der Waals surface area contributed by atoms with Gasteiger partial charge in [0.2, 0.25) is 0 Å². The SMILES string of the molecule is C=COCC.C=COCCCCO.FC(F)=C(F)Cl. The first-order valence-corrected chi connectivity index (χ1v) is 5.77. The normalized spacial score (nSPS) is 7.89. The van der Waals surface area contributed by atoms with E-state index in [1.807, 2.05) is 6.92 Å². The first-order valence-electron chi connectivity index (χ1n) is 5.39. The molecule has 114 valence electrons. The molecule has 0 bridgehead atoms. The lowest BCUT2D eigenvalue weighted by Gasteiger charge is -1.95. The van der Waals surface area contributed by atoms with Gasteiger partial charge in [0, 0.05) is 6.61 Å². The minimum absolute atomic E-state index is 0.250. The molecule has 0 aromatic heterocycles. The van der Waals surface area contributed by atoms with E-state index in [0.717, 1.165) is 19.4 Å². The Balaban J connectivity index is -0.000000209. The van der Waals surface area contributed by atoms with Crippen molar-refractivity contribution in [3.63, 3.8) is 0 Å². The molecule has 0 unspecified atom stereocenters. The van der Waals surface area contributed by atoms with Gasteiger partial charge < -0.3 is 14.6 Å². The van der Waals surface area contributed by atoms with E-state index in [-0.39, 0.29) is 6.61 Å². The summed E-state index contributed by atoms with van der Waals surface area (Å²) in [6.45, 7) is 10.3. The molecule has 19 heavy (non-hydrogen) atoms. The molecule has 0 aromatic rings. The average Bonchev–Trinajstić information content (AvgIpc) is 2.37. The molecule has 7 heteroatoms. The zero-order chi connectivity index (χ0) is 15.5. The summed E-state index contributed by atoms with van der Waals surface area (Å²) in [4.78, 5) is 0. The van der Waals surface area contributed by atoms with Crippen molar-refractivity contribution >= 4 is 11.6 Å². The highest BCUT2D eigenvalue weighted by Crippen LogP contribution is 2.11. The largest absolute Gasteiger partial charge is 0.502 e. The molecule has 0 fully saturated rings. The Morgan fingerprint density at radius 3 is 1.84 bits per heavy atom. The molecule has 0 saturated heterocycles. The van der Waals surface area contributed by atoms with E-state index in [9.17, 15) is 13.2 Å². The molecule has 0 saturated carbocycles. The van der Waals surface area contributed by atoms with E-state index in [1.165, 1.54) is 12.5 Å². The van der Waals surface area contributed by atoms with Gasteiger partial charge in [-0.25, -0.2) is 0 Å². The molecular formula is C12H20ClF3O3. The standard InChI is InChI=1S/C6H12O2.C4H8O.C2ClF3/c1-2-8-6-4-3-5-7;1-3-5-4-2;3-1(4)2(5)6/h2,7H,1,3-6H2;3H,1,4H2,2H3;. The van der Waals surface area contributed by atoms with Crippen molar-refractivity contribution < 1.29 is 27.8 Å². The molecule has 0 heterocycles. The van der Waals surface area contributed by atoms with Crippen molar-refractivity contribution in [3.05, 3.63) is 37.0 Å². The highest BCUT2D eigenvalue weighted by atomic mass is 35.5. The van der Waals surface area contributed by atoms with E-state index >= 15 is 0 Å². The lowest BCUT2D eigenvalue weighted by Crippen LogP contribution is -1.89. The topological polar surface area (TPSA) is 38.7 Å². The summed E-state index contributed by atoms with van der Waals surface area (Å²) in [5.74, 6) is 0. The van der Waals surface area contributed by atoms with E-state index in [4.69, 9.17) is 9.84 Å². The van der Waals surface area contributed by atoms with E-state index in [2.05, 4.69) is 29.5 Å². The van der Waals surface area contributed by atoms with E-state index < -0.39 is 11.4 Å². The number of aliphatic hydroxyl groups is 1. The van der Waals surface area contributed by atoms with Gasteiger partial charge in [0.05, 0.1) is 25.7 Å². The molecule has 0 spiro atoms. The van der Waals surface area contributed by atoms with Crippen LogP contribution in [0.15, 0.2) is 37.0 Å². The zero-order valence-corrected chi connectivity index (χ0v) is 11.6. The summed E-state index contributed by atoms with van der Waals surface area (Å²) in [5.41, 5.74) is 0. The molecule has 0 aromatic carbocycles. The van der Waals surface area contributed by atoms with Gasteiger partial charge in [0.1, 0.15) is 0 Å². The molecule has 1 N–H and O–H groups in total. The fraction of sp³-hybridized carbons (Fsp3) is 0.500. The van der Waals surface area contributed by atoms with Crippen molar-refractivity contribution in [2.45, 2.75) is 19.8 Å². The molecule has 0 radical (unpaired) electrons. The zero-order valence-electron chi connectivity index (χ0n) is 10.9. The van der Waals surface area contributed by atoms with Gasteiger partial charge in [-0.15, -0.1) is 0 Å². The quantitative estimate of drug-likeness (QED) is 0.561. The van der Waals surface area contributed by atoms with Crippen LogP contribution in [0, 0.1) is 0 Å². The van der Waals surface area contributed by atoms with Crippen LogP contribution in [0.3, 0.4) is 0 Å². The summed E-state index contributed by atoms with van der Waals surface area (Å²) < 4.78 is 41.2. The summed E-state index contributed by atoms with van der Waals surface area (Å²) in [7, 11) is 0. The van der Waals surface area contributed by atoms with Crippen LogP contribution in [0.4, 0.5) is 13.2 Å². The van der Waals surface area contributed by atoms with Crippen LogP contribution < -0.4 is 0 Å². The molecule has 0 aliphatic heterocycles. The maximum Gasteiger partial charge on any atom is 0.317 e. The van der Waals surface area contributed by atoms with Crippen molar-refractivity contribution in [2.75, 3.05) is 19.8 Å². The average molecular weight is 305 g/mol. The van der Waals surface area contributed by atoms with E-state index in [1.54, 1.807) is 0 Å². The molecule has 0 amide bonds. The third-order valence-electron chi connectivity index (χ3n) is 1.22. The Kier molecular flexibility index (Phi) is 26.7. The lowest BCUT2D eigenvalue weighted by atomic mass is 10.3. The Bertz CT molecular complexity index is 218. The first kappa shape index (κ1) is 23.0. The Labute approximate surface area is 117 Å². The van der Waals surface area contributed by atoms with Gasteiger partial charge in [0.15, 0.2) is 0 Å². The number of unbranched alkanes of at least 4 members (excludes halogenated alkanes) is 1. The predicted octanol–water partition coefficient (Wildman–Crippen LogP) is 4.35. The second-order valence-corrected chi connectivity index (χ2v) is 2.94. The van der Waals surface area contributed by atoms with Crippen molar-refractivity contribution in [1.82, 2.24) is 0 Å². The smallest absolute Gasteiger partial charge is 0.317 e. The fourth-order valence-electron chi connectivity index (χ4n) is 0.498. The highest BCUT2D eigenvalue weighted by molar-refractivity contribution is 6.28. The second kappa shape index (κ2) is 22.1. The number of aliphatic hydroxyl groups excluding tert-OH is 1. The van der Waals surface area contributed by atoms with Crippen LogP contribution in [0.25, 0.3) is 0 Å². The minimum Gasteiger partial charge on any atom is -0.502 e. The summed E-state index contributed by atoms with van der Waals surface area (Å²) >= 11 is 4.08. The Morgan fingerprint density at radius 1 is 1.16 bits per heavy atom. The first-order chi connectivity index (χ1) is 8.97. The fourth-order valence-corrected chi connectivity index (χ4v) is 0.498. The Morgan fingerprint density at radius 2 is 1.63 bits per heavy atom. The van der Waals surface area contributed by atoms with Crippen molar-refractivity contribution in [3.8, 4) is 0 Å². The number of ether oxygens (including phenoxy) is 2. The number of halogens is 4. The highest BCUT2D eigenvalue weighted by Gasteiger charge is 1.95. The minimum atomic E-state index is -2.48. The number of rotatable bonds is 7. The van der Waals surface area contributed by atoms with Gasteiger partial charge in [-0.2, -0.15) is 13.2 Å². The van der Waals surface area contributed by atoms with Crippen LogP contribution in [0.1, 0.15) is 19.8 Å². The molecule has 3 nitrogen and oxygen atoms in total. The van der Waals surface area contributed by atoms with E-state index in [0.29, 0.717) is 6.61 Å². The monoisotopic (exact) mass is 304 g/mol. The Hall–Kier alpha value is -1.14. The second-order valence-electron chi connectivity index (χ2n) is 2.61.